The lowest BCUT2D eigenvalue weighted by atomic mass is 9.85. The fourth-order valence-electron chi connectivity index (χ4n) is 3.38. The van der Waals surface area contributed by atoms with Gasteiger partial charge in [0.15, 0.2) is 0 Å². The summed E-state index contributed by atoms with van der Waals surface area (Å²) in [5.74, 6) is 0.110. The highest BCUT2D eigenvalue weighted by atomic mass is 16.2. The zero-order valence-electron chi connectivity index (χ0n) is 13.8. The first kappa shape index (κ1) is 15.5. The standard InChI is InChI=1S/C21H23NO/c1-4-13-22-20(23)19-14-21(19,17-9-5-15(2)6-10-17)18-11-7-16(3)8-12-18/h4-12,19H,1,13-14H2,2-3H3,(H,22,23). The summed E-state index contributed by atoms with van der Waals surface area (Å²) in [5, 5.41) is 2.95. The second-order valence-corrected chi connectivity index (χ2v) is 6.49. The van der Waals surface area contributed by atoms with E-state index in [1.807, 2.05) is 0 Å². The van der Waals surface area contributed by atoms with Gasteiger partial charge in [0.25, 0.3) is 0 Å². The van der Waals surface area contributed by atoms with Crippen LogP contribution in [0.4, 0.5) is 0 Å². The van der Waals surface area contributed by atoms with E-state index in [2.05, 4.69) is 74.3 Å². The van der Waals surface area contributed by atoms with E-state index in [9.17, 15) is 4.79 Å². The van der Waals surface area contributed by atoms with Crippen molar-refractivity contribution in [2.24, 2.45) is 5.92 Å². The lowest BCUT2D eigenvalue weighted by molar-refractivity contribution is -0.122. The molecule has 2 aromatic rings. The maximum Gasteiger partial charge on any atom is 0.224 e. The SMILES string of the molecule is C=CCNC(=O)C1CC1(c1ccc(C)cc1)c1ccc(C)cc1. The monoisotopic (exact) mass is 305 g/mol. The molecule has 0 radical (unpaired) electrons. The third-order valence-electron chi connectivity index (χ3n) is 4.83. The molecule has 1 amide bonds. The van der Waals surface area contributed by atoms with E-state index in [0.29, 0.717) is 6.54 Å². The van der Waals surface area contributed by atoms with Gasteiger partial charge in [-0.3, -0.25) is 4.79 Å². The maximum absolute atomic E-state index is 12.5. The molecule has 1 N–H and O–H groups in total. The van der Waals surface area contributed by atoms with Gasteiger partial charge in [-0.2, -0.15) is 0 Å². The molecule has 1 aliphatic rings. The molecule has 1 unspecified atom stereocenters. The van der Waals surface area contributed by atoms with Gasteiger partial charge in [0.2, 0.25) is 5.91 Å². The Morgan fingerprint density at radius 1 is 1.09 bits per heavy atom. The van der Waals surface area contributed by atoms with Crippen LogP contribution >= 0.6 is 0 Å². The van der Waals surface area contributed by atoms with Crippen molar-refractivity contribution in [2.45, 2.75) is 25.7 Å². The first-order valence-corrected chi connectivity index (χ1v) is 8.11. The molecule has 1 aliphatic carbocycles. The van der Waals surface area contributed by atoms with Crippen molar-refractivity contribution >= 4 is 5.91 Å². The highest BCUT2D eigenvalue weighted by Gasteiger charge is 2.60. The van der Waals surface area contributed by atoms with E-state index in [1.165, 1.54) is 22.3 Å². The number of amides is 1. The molecule has 2 aromatic carbocycles. The van der Waals surface area contributed by atoms with Crippen LogP contribution < -0.4 is 5.32 Å². The summed E-state index contributed by atoms with van der Waals surface area (Å²) >= 11 is 0. The van der Waals surface area contributed by atoms with Gasteiger partial charge in [0, 0.05) is 12.0 Å². The fraction of sp³-hybridized carbons (Fsp3) is 0.286. The molecule has 1 atom stereocenters. The largest absolute Gasteiger partial charge is 0.352 e. The minimum Gasteiger partial charge on any atom is -0.352 e. The summed E-state index contributed by atoms with van der Waals surface area (Å²) in [6, 6.07) is 17.2. The molecular weight excluding hydrogens is 282 g/mol. The molecule has 0 saturated heterocycles. The van der Waals surface area contributed by atoms with E-state index < -0.39 is 0 Å². The van der Waals surface area contributed by atoms with Gasteiger partial charge < -0.3 is 5.32 Å². The lowest BCUT2D eigenvalue weighted by Gasteiger charge is -2.19. The Balaban J connectivity index is 1.98. The minimum absolute atomic E-state index is 0.00661. The number of carbonyl (C=O) groups excluding carboxylic acids is 1. The van der Waals surface area contributed by atoms with E-state index in [1.54, 1.807) is 6.08 Å². The molecule has 3 rings (SSSR count). The molecule has 1 fully saturated rings. The Hall–Kier alpha value is -2.35. The van der Waals surface area contributed by atoms with Crippen molar-refractivity contribution in [3.8, 4) is 0 Å². The predicted octanol–water partition coefficient (Wildman–Crippen LogP) is 3.91. The topological polar surface area (TPSA) is 29.1 Å². The van der Waals surface area contributed by atoms with Crippen molar-refractivity contribution in [3.63, 3.8) is 0 Å². The number of benzene rings is 2. The number of carbonyl (C=O) groups is 1. The third kappa shape index (κ3) is 2.81. The Bertz CT molecular complexity index is 667. The van der Waals surface area contributed by atoms with Gasteiger partial charge in [-0.25, -0.2) is 0 Å². The van der Waals surface area contributed by atoms with Crippen molar-refractivity contribution in [1.29, 1.82) is 0 Å². The molecule has 0 spiro atoms. The van der Waals surface area contributed by atoms with Crippen LogP contribution in [0, 0.1) is 19.8 Å². The zero-order valence-corrected chi connectivity index (χ0v) is 13.8. The van der Waals surface area contributed by atoms with Gasteiger partial charge in [-0.1, -0.05) is 65.7 Å². The normalized spacial score (nSPS) is 18.3. The van der Waals surface area contributed by atoms with E-state index >= 15 is 0 Å². The average molecular weight is 305 g/mol. The molecule has 2 nitrogen and oxygen atoms in total. The Morgan fingerprint density at radius 2 is 1.57 bits per heavy atom. The lowest BCUT2D eigenvalue weighted by Crippen LogP contribution is -2.29. The first-order chi connectivity index (χ1) is 11.1. The van der Waals surface area contributed by atoms with Crippen LogP contribution in [0.1, 0.15) is 28.7 Å². The van der Waals surface area contributed by atoms with Crippen molar-refractivity contribution in [1.82, 2.24) is 5.32 Å². The molecule has 2 heteroatoms. The molecule has 0 aliphatic heterocycles. The van der Waals surface area contributed by atoms with Crippen molar-refractivity contribution in [3.05, 3.63) is 83.4 Å². The van der Waals surface area contributed by atoms with Crippen LogP contribution in [0.2, 0.25) is 0 Å². The summed E-state index contributed by atoms with van der Waals surface area (Å²) in [5.41, 5.74) is 4.74. The summed E-state index contributed by atoms with van der Waals surface area (Å²) in [4.78, 5) is 12.5. The van der Waals surface area contributed by atoms with Gasteiger partial charge in [0.05, 0.1) is 5.92 Å². The maximum atomic E-state index is 12.5. The van der Waals surface area contributed by atoms with E-state index in [0.717, 1.165) is 6.42 Å². The molecule has 0 heterocycles. The first-order valence-electron chi connectivity index (χ1n) is 8.11. The second kappa shape index (κ2) is 6.04. The molecule has 118 valence electrons. The Labute approximate surface area is 138 Å². The molecule has 0 aromatic heterocycles. The Morgan fingerprint density at radius 3 is 2.00 bits per heavy atom. The van der Waals surface area contributed by atoms with Crippen LogP contribution in [0.5, 0.6) is 0 Å². The van der Waals surface area contributed by atoms with Crippen LogP contribution in [-0.4, -0.2) is 12.5 Å². The van der Waals surface area contributed by atoms with Gasteiger partial charge in [-0.15, -0.1) is 6.58 Å². The number of rotatable bonds is 5. The predicted molar refractivity (Wildman–Crippen MR) is 94.5 cm³/mol. The van der Waals surface area contributed by atoms with E-state index in [4.69, 9.17) is 0 Å². The Kier molecular flexibility index (Phi) is 4.08. The summed E-state index contributed by atoms with van der Waals surface area (Å²) in [7, 11) is 0. The number of hydrogen-bond donors (Lipinski definition) is 1. The van der Waals surface area contributed by atoms with Gasteiger partial charge in [-0.05, 0) is 31.4 Å². The molecule has 0 bridgehead atoms. The number of aryl methyl sites for hydroxylation is 2. The number of hydrogen-bond acceptors (Lipinski definition) is 1. The minimum atomic E-state index is -0.188. The molecule has 23 heavy (non-hydrogen) atoms. The molecular formula is C21H23NO. The summed E-state index contributed by atoms with van der Waals surface area (Å²) in [6.45, 7) is 8.36. The van der Waals surface area contributed by atoms with Gasteiger partial charge >= 0.3 is 0 Å². The van der Waals surface area contributed by atoms with Crippen LogP contribution in [0.15, 0.2) is 61.2 Å². The van der Waals surface area contributed by atoms with Gasteiger partial charge in [0.1, 0.15) is 0 Å². The highest BCUT2D eigenvalue weighted by molar-refractivity contribution is 5.86. The second-order valence-electron chi connectivity index (χ2n) is 6.49. The third-order valence-corrected chi connectivity index (χ3v) is 4.83. The van der Waals surface area contributed by atoms with Crippen molar-refractivity contribution in [2.75, 3.05) is 6.54 Å². The fourth-order valence-corrected chi connectivity index (χ4v) is 3.38. The van der Waals surface area contributed by atoms with E-state index in [-0.39, 0.29) is 17.2 Å². The quantitative estimate of drug-likeness (QED) is 0.834. The zero-order chi connectivity index (χ0) is 16.4. The van der Waals surface area contributed by atoms with Crippen molar-refractivity contribution < 1.29 is 4.79 Å². The van der Waals surface area contributed by atoms with Crippen LogP contribution in [-0.2, 0) is 10.2 Å². The smallest absolute Gasteiger partial charge is 0.224 e. The summed E-state index contributed by atoms with van der Waals surface area (Å²) in [6.07, 6.45) is 2.59. The average Bonchev–Trinajstić information content (AvgIpc) is 3.31. The molecule has 1 saturated carbocycles. The summed E-state index contributed by atoms with van der Waals surface area (Å²) < 4.78 is 0. The van der Waals surface area contributed by atoms with Crippen LogP contribution in [0.25, 0.3) is 0 Å². The highest BCUT2D eigenvalue weighted by Crippen LogP contribution is 2.59. The van der Waals surface area contributed by atoms with Crippen LogP contribution in [0.3, 0.4) is 0 Å². The number of nitrogens with one attached hydrogen (secondary N) is 1.